The summed E-state index contributed by atoms with van der Waals surface area (Å²) in [6.07, 6.45) is 1.64. The van der Waals surface area contributed by atoms with E-state index in [1.165, 1.54) is 16.8 Å². The van der Waals surface area contributed by atoms with Gasteiger partial charge in [-0.15, -0.1) is 0 Å². The summed E-state index contributed by atoms with van der Waals surface area (Å²) in [5.74, 6) is 0. The molecule has 1 fully saturated rings. The van der Waals surface area contributed by atoms with Crippen molar-refractivity contribution in [2.24, 2.45) is 0 Å². The number of likely N-dealkylation sites (N-methyl/N-ethyl adjacent to an activating group) is 1. The van der Waals surface area contributed by atoms with Crippen LogP contribution in [0.25, 0.3) is 0 Å². The molecule has 1 unspecified atom stereocenters. The summed E-state index contributed by atoms with van der Waals surface area (Å²) in [5.41, 5.74) is 4.08. The van der Waals surface area contributed by atoms with E-state index in [0.29, 0.717) is 12.5 Å². The number of nitriles is 1. The van der Waals surface area contributed by atoms with Crippen LogP contribution in [0, 0.1) is 18.3 Å². The van der Waals surface area contributed by atoms with Crippen LogP contribution in [-0.2, 0) is 6.42 Å². The van der Waals surface area contributed by atoms with E-state index < -0.39 is 0 Å². The Morgan fingerprint density at radius 1 is 1.37 bits per heavy atom. The summed E-state index contributed by atoms with van der Waals surface area (Å²) < 4.78 is 0. The van der Waals surface area contributed by atoms with Gasteiger partial charge in [0.2, 0.25) is 0 Å². The van der Waals surface area contributed by atoms with Gasteiger partial charge < -0.3 is 9.80 Å². The van der Waals surface area contributed by atoms with Crippen molar-refractivity contribution in [1.82, 2.24) is 4.90 Å². The third-order valence-corrected chi connectivity index (χ3v) is 4.00. The van der Waals surface area contributed by atoms with E-state index in [1.807, 2.05) is 0 Å². The zero-order chi connectivity index (χ0) is 13.8. The summed E-state index contributed by atoms with van der Waals surface area (Å²) in [6, 6.07) is 9.18. The van der Waals surface area contributed by atoms with Gasteiger partial charge in [0.25, 0.3) is 0 Å². The Morgan fingerprint density at radius 2 is 2.16 bits per heavy atom. The lowest BCUT2D eigenvalue weighted by Gasteiger charge is -2.42. The lowest BCUT2D eigenvalue weighted by atomic mass is 10.0. The van der Waals surface area contributed by atoms with E-state index >= 15 is 0 Å². The lowest BCUT2D eigenvalue weighted by Crippen LogP contribution is -2.52. The summed E-state index contributed by atoms with van der Waals surface area (Å²) >= 11 is 0. The van der Waals surface area contributed by atoms with Gasteiger partial charge in [0.1, 0.15) is 0 Å². The highest BCUT2D eigenvalue weighted by Gasteiger charge is 2.27. The topological polar surface area (TPSA) is 30.3 Å². The molecule has 19 heavy (non-hydrogen) atoms. The maximum absolute atomic E-state index is 9.07. The largest absolute Gasteiger partial charge is 0.364 e. The van der Waals surface area contributed by atoms with Crippen molar-refractivity contribution in [3.05, 3.63) is 29.3 Å². The van der Waals surface area contributed by atoms with E-state index in [9.17, 15) is 0 Å². The molecule has 102 valence electrons. The van der Waals surface area contributed by atoms with Gasteiger partial charge in [-0.2, -0.15) is 5.26 Å². The van der Waals surface area contributed by atoms with Crippen molar-refractivity contribution >= 4 is 5.69 Å². The second-order valence-electron chi connectivity index (χ2n) is 5.41. The van der Waals surface area contributed by atoms with Gasteiger partial charge in [-0.05, 0) is 31.5 Å². The first kappa shape index (κ1) is 13.9. The predicted octanol–water partition coefficient (Wildman–Crippen LogP) is 2.59. The molecule has 0 amide bonds. The van der Waals surface area contributed by atoms with Crippen LogP contribution in [0.2, 0.25) is 0 Å². The molecule has 0 saturated carbocycles. The van der Waals surface area contributed by atoms with Crippen molar-refractivity contribution < 1.29 is 0 Å². The minimum absolute atomic E-state index is 0.315. The first-order valence-corrected chi connectivity index (χ1v) is 7.08. The molecule has 0 aliphatic carbocycles. The molecule has 0 aromatic heterocycles. The molecule has 1 heterocycles. The van der Waals surface area contributed by atoms with E-state index in [0.717, 1.165) is 26.1 Å². The number of nitrogens with zero attached hydrogens (tertiary/aromatic N) is 3. The second-order valence-corrected chi connectivity index (χ2v) is 5.41. The fourth-order valence-corrected chi connectivity index (χ4v) is 3.00. The Morgan fingerprint density at radius 3 is 2.84 bits per heavy atom. The number of piperazine rings is 1. The molecule has 1 saturated heterocycles. The van der Waals surface area contributed by atoms with Crippen molar-refractivity contribution in [2.45, 2.75) is 32.7 Å². The number of para-hydroxylation sites is 1. The van der Waals surface area contributed by atoms with Crippen LogP contribution in [-0.4, -0.2) is 37.6 Å². The van der Waals surface area contributed by atoms with E-state index in [4.69, 9.17) is 5.26 Å². The van der Waals surface area contributed by atoms with E-state index in [2.05, 4.69) is 55.0 Å². The number of hydrogen-bond donors (Lipinski definition) is 0. The first-order valence-electron chi connectivity index (χ1n) is 7.08. The summed E-state index contributed by atoms with van der Waals surface area (Å²) in [5, 5.41) is 9.07. The fraction of sp³-hybridized carbons (Fsp3) is 0.562. The number of rotatable bonds is 3. The monoisotopic (exact) mass is 257 g/mol. The molecule has 2 rings (SSSR count). The third kappa shape index (κ3) is 2.90. The zero-order valence-corrected chi connectivity index (χ0v) is 12.2. The standard InChI is InChI=1S/C16H23N3/c1-4-14-7-5-6-13(2)16(14)19-11-10-18(3)12-15(19)8-9-17/h5-7,15H,4,8,10-12H2,1-3H3. The van der Waals surface area contributed by atoms with Crippen molar-refractivity contribution in [2.75, 3.05) is 31.6 Å². The van der Waals surface area contributed by atoms with Crippen molar-refractivity contribution in [3.63, 3.8) is 0 Å². The molecule has 0 radical (unpaired) electrons. The highest BCUT2D eigenvalue weighted by molar-refractivity contribution is 5.60. The molecule has 0 N–H and O–H groups in total. The highest BCUT2D eigenvalue weighted by atomic mass is 15.3. The molecule has 1 aromatic carbocycles. The number of benzene rings is 1. The maximum Gasteiger partial charge on any atom is 0.0643 e. The van der Waals surface area contributed by atoms with E-state index in [-0.39, 0.29) is 0 Å². The minimum atomic E-state index is 0.315. The fourth-order valence-electron chi connectivity index (χ4n) is 3.00. The number of anilines is 1. The van der Waals surface area contributed by atoms with Crippen LogP contribution in [0.5, 0.6) is 0 Å². The van der Waals surface area contributed by atoms with Crippen LogP contribution < -0.4 is 4.90 Å². The number of aryl methyl sites for hydroxylation is 2. The molecule has 1 aliphatic heterocycles. The molecule has 0 spiro atoms. The average Bonchev–Trinajstić information content (AvgIpc) is 2.40. The Kier molecular flexibility index (Phi) is 4.44. The van der Waals surface area contributed by atoms with Crippen LogP contribution in [0.15, 0.2) is 18.2 Å². The Hall–Kier alpha value is -1.53. The molecule has 3 heteroatoms. The zero-order valence-electron chi connectivity index (χ0n) is 12.2. The summed E-state index contributed by atoms with van der Waals surface area (Å²) in [7, 11) is 2.14. The van der Waals surface area contributed by atoms with Crippen molar-refractivity contribution in [3.8, 4) is 6.07 Å². The summed E-state index contributed by atoms with van der Waals surface area (Å²) in [4.78, 5) is 4.78. The quantitative estimate of drug-likeness (QED) is 0.834. The van der Waals surface area contributed by atoms with Gasteiger partial charge in [0.15, 0.2) is 0 Å². The Balaban J connectivity index is 2.36. The van der Waals surface area contributed by atoms with Gasteiger partial charge in [0, 0.05) is 25.3 Å². The Labute approximate surface area is 116 Å². The molecule has 0 bridgehead atoms. The van der Waals surface area contributed by atoms with Gasteiger partial charge in [-0.3, -0.25) is 0 Å². The normalized spacial score (nSPS) is 20.3. The van der Waals surface area contributed by atoms with Crippen LogP contribution in [0.1, 0.15) is 24.5 Å². The summed E-state index contributed by atoms with van der Waals surface area (Å²) in [6.45, 7) is 7.44. The average molecular weight is 257 g/mol. The smallest absolute Gasteiger partial charge is 0.0643 e. The van der Waals surface area contributed by atoms with Gasteiger partial charge in [0.05, 0.1) is 18.5 Å². The highest BCUT2D eigenvalue weighted by Crippen LogP contribution is 2.29. The van der Waals surface area contributed by atoms with Crippen molar-refractivity contribution in [1.29, 1.82) is 5.26 Å². The second kappa shape index (κ2) is 6.08. The maximum atomic E-state index is 9.07. The molecule has 1 aromatic rings. The minimum Gasteiger partial charge on any atom is -0.364 e. The molecule has 3 nitrogen and oxygen atoms in total. The lowest BCUT2D eigenvalue weighted by molar-refractivity contribution is 0.268. The van der Waals surface area contributed by atoms with Gasteiger partial charge in [-0.1, -0.05) is 25.1 Å². The molecular formula is C16H23N3. The van der Waals surface area contributed by atoms with E-state index in [1.54, 1.807) is 0 Å². The van der Waals surface area contributed by atoms with Gasteiger partial charge in [-0.25, -0.2) is 0 Å². The molecular weight excluding hydrogens is 234 g/mol. The Bertz CT molecular complexity index is 475. The molecule has 1 aliphatic rings. The molecule has 1 atom stereocenters. The SMILES string of the molecule is CCc1cccc(C)c1N1CCN(C)CC1CC#N. The van der Waals surface area contributed by atoms with Gasteiger partial charge >= 0.3 is 0 Å². The van der Waals surface area contributed by atoms with Crippen LogP contribution in [0.3, 0.4) is 0 Å². The third-order valence-electron chi connectivity index (χ3n) is 4.00. The predicted molar refractivity (Wildman–Crippen MR) is 79.4 cm³/mol. The van der Waals surface area contributed by atoms with Crippen LogP contribution >= 0.6 is 0 Å². The first-order chi connectivity index (χ1) is 9.17. The van der Waals surface area contributed by atoms with Crippen LogP contribution in [0.4, 0.5) is 5.69 Å². The number of hydrogen-bond acceptors (Lipinski definition) is 3.